The number of hydrogen-bond acceptors (Lipinski definition) is 2. The van der Waals surface area contributed by atoms with Gasteiger partial charge in [0.15, 0.2) is 5.60 Å². The molecule has 0 amide bonds. The van der Waals surface area contributed by atoms with Crippen LogP contribution in [0.5, 0.6) is 0 Å². The van der Waals surface area contributed by atoms with E-state index in [1.165, 1.54) is 13.0 Å². The molecule has 2 N–H and O–H groups in total. The first-order valence-electron chi connectivity index (χ1n) is 6.15. The van der Waals surface area contributed by atoms with Crippen LogP contribution in [0.15, 0.2) is 42.5 Å². The van der Waals surface area contributed by atoms with Gasteiger partial charge in [-0.3, -0.25) is 0 Å². The van der Waals surface area contributed by atoms with E-state index in [1.54, 1.807) is 12.1 Å². The first-order chi connectivity index (χ1) is 9.32. The Kier molecular flexibility index (Phi) is 3.84. The van der Waals surface area contributed by atoms with Crippen molar-refractivity contribution in [1.82, 2.24) is 0 Å². The zero-order valence-electron chi connectivity index (χ0n) is 11.2. The molecule has 4 heteroatoms. The Balaban J connectivity index is 2.48. The fraction of sp³-hybridized carbons (Fsp3) is 0.188. The number of hydrogen-bond donors (Lipinski definition) is 2. The minimum absolute atomic E-state index is 0.256. The number of aryl methyl sites for hydroxylation is 1. The second-order valence-corrected chi connectivity index (χ2v) is 5.35. The van der Waals surface area contributed by atoms with Gasteiger partial charge in [0.05, 0.1) is 0 Å². The maximum absolute atomic E-state index is 11.0. The zero-order valence-corrected chi connectivity index (χ0v) is 12.0. The number of aliphatic hydroxyl groups is 1. The molecule has 0 aromatic heterocycles. The molecule has 0 saturated heterocycles. The van der Waals surface area contributed by atoms with Gasteiger partial charge in [-0.2, -0.15) is 0 Å². The molecule has 3 nitrogen and oxygen atoms in total. The Labute approximate surface area is 122 Å². The smallest absolute Gasteiger partial charge is 0.340 e. The van der Waals surface area contributed by atoms with Crippen molar-refractivity contribution in [3.63, 3.8) is 0 Å². The molecule has 0 bridgehead atoms. The van der Waals surface area contributed by atoms with Crippen molar-refractivity contribution < 1.29 is 15.0 Å². The molecule has 2 aromatic rings. The molecule has 0 radical (unpaired) electrons. The van der Waals surface area contributed by atoms with Crippen LogP contribution in [0.4, 0.5) is 0 Å². The van der Waals surface area contributed by atoms with E-state index in [9.17, 15) is 9.90 Å². The number of aliphatic carboxylic acids is 1. The van der Waals surface area contributed by atoms with Crippen LogP contribution in [0.1, 0.15) is 18.1 Å². The standard InChI is InChI=1S/C16H15ClO3/c1-10-4-3-5-11(8-10)13-7-6-12(9-14(13)17)16(2,20)15(18)19/h3-9,20H,1-2H3,(H,18,19). The maximum atomic E-state index is 11.0. The molecule has 2 aromatic carbocycles. The van der Waals surface area contributed by atoms with Crippen LogP contribution >= 0.6 is 11.6 Å². The molecule has 1 atom stereocenters. The highest BCUT2D eigenvalue weighted by molar-refractivity contribution is 6.33. The lowest BCUT2D eigenvalue weighted by Gasteiger charge is -2.19. The van der Waals surface area contributed by atoms with Crippen LogP contribution in [0.25, 0.3) is 11.1 Å². The summed E-state index contributed by atoms with van der Waals surface area (Å²) < 4.78 is 0. The summed E-state index contributed by atoms with van der Waals surface area (Å²) in [6.07, 6.45) is 0. The zero-order chi connectivity index (χ0) is 14.9. The van der Waals surface area contributed by atoms with Crippen LogP contribution in [-0.4, -0.2) is 16.2 Å². The maximum Gasteiger partial charge on any atom is 0.340 e. The fourth-order valence-electron chi connectivity index (χ4n) is 1.99. The van der Waals surface area contributed by atoms with Gasteiger partial charge >= 0.3 is 5.97 Å². The Bertz CT molecular complexity index is 663. The first-order valence-corrected chi connectivity index (χ1v) is 6.53. The van der Waals surface area contributed by atoms with Gasteiger partial charge in [0.25, 0.3) is 0 Å². The minimum atomic E-state index is -1.95. The van der Waals surface area contributed by atoms with Crippen LogP contribution in [0.3, 0.4) is 0 Å². The average molecular weight is 291 g/mol. The fourth-order valence-corrected chi connectivity index (χ4v) is 2.28. The number of benzene rings is 2. The summed E-state index contributed by atoms with van der Waals surface area (Å²) in [6.45, 7) is 3.22. The largest absolute Gasteiger partial charge is 0.479 e. The minimum Gasteiger partial charge on any atom is -0.479 e. The first kappa shape index (κ1) is 14.6. The topological polar surface area (TPSA) is 57.5 Å². The third-order valence-electron chi connectivity index (χ3n) is 3.28. The molecule has 1 unspecified atom stereocenters. The number of rotatable bonds is 3. The highest BCUT2D eigenvalue weighted by Gasteiger charge is 2.32. The lowest BCUT2D eigenvalue weighted by molar-refractivity contribution is -0.157. The van der Waals surface area contributed by atoms with Crippen LogP contribution in [0, 0.1) is 6.92 Å². The van der Waals surface area contributed by atoms with Crippen molar-refractivity contribution >= 4 is 17.6 Å². The number of halogens is 1. The molecule has 0 aliphatic rings. The summed E-state index contributed by atoms with van der Waals surface area (Å²) in [7, 11) is 0. The molecule has 0 spiro atoms. The monoisotopic (exact) mass is 290 g/mol. The van der Waals surface area contributed by atoms with Crippen molar-refractivity contribution in [3.05, 3.63) is 58.6 Å². The summed E-state index contributed by atoms with van der Waals surface area (Å²) >= 11 is 6.22. The molecule has 20 heavy (non-hydrogen) atoms. The van der Waals surface area contributed by atoms with Crippen LogP contribution < -0.4 is 0 Å². The molecule has 0 fully saturated rings. The molecule has 2 rings (SSSR count). The summed E-state index contributed by atoms with van der Waals surface area (Å²) in [5, 5.41) is 19.4. The van der Waals surface area contributed by atoms with Gasteiger partial charge in [-0.1, -0.05) is 53.6 Å². The van der Waals surface area contributed by atoms with Gasteiger partial charge in [-0.25, -0.2) is 4.79 Å². The Hall–Kier alpha value is -1.84. The molecule has 0 saturated carbocycles. The van der Waals surface area contributed by atoms with Crippen molar-refractivity contribution in [3.8, 4) is 11.1 Å². The van der Waals surface area contributed by atoms with E-state index in [4.69, 9.17) is 16.7 Å². The lowest BCUT2D eigenvalue weighted by atomic mass is 9.93. The average Bonchev–Trinajstić information content (AvgIpc) is 2.38. The lowest BCUT2D eigenvalue weighted by Crippen LogP contribution is -2.31. The Morgan fingerprint density at radius 2 is 1.90 bits per heavy atom. The van der Waals surface area contributed by atoms with E-state index in [-0.39, 0.29) is 5.56 Å². The second kappa shape index (κ2) is 5.27. The molecule has 0 aliphatic carbocycles. The quantitative estimate of drug-likeness (QED) is 0.908. The highest BCUT2D eigenvalue weighted by Crippen LogP contribution is 2.32. The van der Waals surface area contributed by atoms with Crippen LogP contribution in [-0.2, 0) is 10.4 Å². The van der Waals surface area contributed by atoms with Crippen molar-refractivity contribution in [2.75, 3.05) is 0 Å². The van der Waals surface area contributed by atoms with Gasteiger partial charge in [0.2, 0.25) is 0 Å². The number of carbonyl (C=O) groups is 1. The van der Waals surface area contributed by atoms with E-state index in [0.717, 1.165) is 16.7 Å². The van der Waals surface area contributed by atoms with Gasteiger partial charge in [-0.05, 0) is 31.0 Å². The summed E-state index contributed by atoms with van der Waals surface area (Å²) in [5.74, 6) is -1.31. The van der Waals surface area contributed by atoms with E-state index in [1.807, 2.05) is 31.2 Å². The Morgan fingerprint density at radius 3 is 2.45 bits per heavy atom. The molecule has 0 aliphatic heterocycles. The molecule has 0 heterocycles. The Morgan fingerprint density at radius 1 is 1.20 bits per heavy atom. The third kappa shape index (κ3) is 2.69. The van der Waals surface area contributed by atoms with Crippen molar-refractivity contribution in [2.24, 2.45) is 0 Å². The SMILES string of the molecule is Cc1cccc(-c2ccc(C(C)(O)C(=O)O)cc2Cl)c1. The highest BCUT2D eigenvalue weighted by atomic mass is 35.5. The number of carboxylic acids is 1. The second-order valence-electron chi connectivity index (χ2n) is 4.94. The molecular weight excluding hydrogens is 276 g/mol. The normalized spacial score (nSPS) is 13.8. The molecule has 104 valence electrons. The predicted molar refractivity (Wildman–Crippen MR) is 78.8 cm³/mol. The van der Waals surface area contributed by atoms with Gasteiger partial charge in [-0.15, -0.1) is 0 Å². The molecular formula is C16H15ClO3. The number of carboxylic acid groups (broad SMARTS) is 1. The predicted octanol–water partition coefficient (Wildman–Crippen LogP) is 3.61. The van der Waals surface area contributed by atoms with Crippen molar-refractivity contribution in [1.29, 1.82) is 0 Å². The van der Waals surface area contributed by atoms with Gasteiger partial charge in [0.1, 0.15) is 0 Å². The third-order valence-corrected chi connectivity index (χ3v) is 3.59. The van der Waals surface area contributed by atoms with E-state index in [2.05, 4.69) is 0 Å². The summed E-state index contributed by atoms with van der Waals surface area (Å²) in [4.78, 5) is 11.0. The van der Waals surface area contributed by atoms with Crippen LogP contribution in [0.2, 0.25) is 5.02 Å². The van der Waals surface area contributed by atoms with Crippen molar-refractivity contribution in [2.45, 2.75) is 19.4 Å². The van der Waals surface area contributed by atoms with Gasteiger partial charge in [0, 0.05) is 10.6 Å². The van der Waals surface area contributed by atoms with E-state index in [0.29, 0.717) is 5.02 Å². The van der Waals surface area contributed by atoms with Gasteiger partial charge < -0.3 is 10.2 Å². The van der Waals surface area contributed by atoms with E-state index < -0.39 is 11.6 Å². The van der Waals surface area contributed by atoms with E-state index >= 15 is 0 Å². The summed E-state index contributed by atoms with van der Waals surface area (Å²) in [5.41, 5.74) is 1.18. The summed E-state index contributed by atoms with van der Waals surface area (Å²) in [6, 6.07) is 12.7.